The van der Waals surface area contributed by atoms with Gasteiger partial charge in [-0.25, -0.2) is 23.5 Å². The van der Waals surface area contributed by atoms with Crippen molar-refractivity contribution in [2.24, 2.45) is 0 Å². The highest BCUT2D eigenvalue weighted by molar-refractivity contribution is 5.92. The molecule has 0 aliphatic carbocycles. The average Bonchev–Trinajstić information content (AvgIpc) is 3.32. The first-order chi connectivity index (χ1) is 20.9. The smallest absolute Gasteiger partial charge is 0.335 e. The van der Waals surface area contributed by atoms with Gasteiger partial charge in [-0.3, -0.25) is 4.90 Å². The van der Waals surface area contributed by atoms with E-state index in [4.69, 9.17) is 14.2 Å². The number of carboxylic acid groups (broad SMARTS) is 1. The number of aromatic carboxylic acids is 1. The lowest BCUT2D eigenvalue weighted by atomic mass is 10.1. The van der Waals surface area contributed by atoms with Gasteiger partial charge in [0, 0.05) is 37.5 Å². The predicted octanol–water partition coefficient (Wildman–Crippen LogP) is 4.09. The van der Waals surface area contributed by atoms with Gasteiger partial charge < -0.3 is 23.9 Å². The van der Waals surface area contributed by atoms with E-state index in [1.807, 2.05) is 10.6 Å². The first-order valence-electron chi connectivity index (χ1n) is 13.9. The molecule has 222 valence electrons. The number of aromatic nitrogens is 4. The number of fused-ring (bicyclic) bond motifs is 1. The molecule has 0 unspecified atom stereocenters. The molecule has 2 aromatic heterocycles. The zero-order valence-electron chi connectivity index (χ0n) is 23.1. The minimum Gasteiger partial charge on any atom is -0.478 e. The van der Waals surface area contributed by atoms with Gasteiger partial charge >= 0.3 is 12.0 Å². The number of hydrogen-bond donors (Lipinski definition) is 1. The van der Waals surface area contributed by atoms with Crippen molar-refractivity contribution >= 4 is 17.0 Å². The molecule has 2 aliphatic rings. The molecule has 0 spiro atoms. The molecule has 1 atom stereocenters. The maximum absolute atomic E-state index is 14.8. The van der Waals surface area contributed by atoms with Crippen LogP contribution in [0.2, 0.25) is 0 Å². The molecule has 6 rings (SSSR count). The van der Waals surface area contributed by atoms with Gasteiger partial charge in [0.2, 0.25) is 5.88 Å². The number of benzene rings is 2. The summed E-state index contributed by atoms with van der Waals surface area (Å²) in [5, 5.41) is 18.7. The number of rotatable bonds is 10. The van der Waals surface area contributed by atoms with Gasteiger partial charge in [0.25, 0.3) is 0 Å². The average molecular weight is 591 g/mol. The molecule has 4 heterocycles. The summed E-state index contributed by atoms with van der Waals surface area (Å²) in [7, 11) is 0. The van der Waals surface area contributed by atoms with Crippen molar-refractivity contribution in [2.75, 3.05) is 19.7 Å². The summed E-state index contributed by atoms with van der Waals surface area (Å²) in [6, 6.07) is 10.0. The maximum atomic E-state index is 14.8. The number of halogens is 2. The number of ether oxygens (including phenoxy) is 3. The largest absolute Gasteiger partial charge is 0.478 e. The highest BCUT2D eigenvalue weighted by Gasteiger charge is 2.27. The number of nitriles is 1. The molecule has 1 N–H and O–H groups in total. The molecule has 4 aromatic rings. The fraction of sp³-hybridized carbons (Fsp3) is 0.367. The highest BCUT2D eigenvalue weighted by atomic mass is 19.1. The van der Waals surface area contributed by atoms with E-state index in [1.54, 1.807) is 6.07 Å². The molecule has 0 radical (unpaired) electrons. The Morgan fingerprint density at radius 2 is 1.95 bits per heavy atom. The number of piperidine rings is 1. The van der Waals surface area contributed by atoms with Crippen molar-refractivity contribution in [1.29, 1.82) is 5.26 Å². The Balaban J connectivity index is 1.08. The van der Waals surface area contributed by atoms with Crippen molar-refractivity contribution in [3.63, 3.8) is 0 Å². The molecule has 0 amide bonds. The highest BCUT2D eigenvalue weighted by Crippen LogP contribution is 2.27. The van der Waals surface area contributed by atoms with Crippen molar-refractivity contribution in [3.05, 3.63) is 76.7 Å². The van der Waals surface area contributed by atoms with E-state index in [2.05, 4.69) is 19.9 Å². The van der Waals surface area contributed by atoms with E-state index < -0.39 is 17.6 Å². The van der Waals surface area contributed by atoms with Crippen molar-refractivity contribution in [3.8, 4) is 18.0 Å². The van der Waals surface area contributed by atoms with Gasteiger partial charge in [0.05, 0.1) is 41.9 Å². The first kappa shape index (κ1) is 28.4. The molecule has 0 saturated carbocycles. The van der Waals surface area contributed by atoms with Crippen LogP contribution in [0.5, 0.6) is 11.9 Å². The van der Waals surface area contributed by atoms with E-state index in [-0.39, 0.29) is 41.5 Å². The minimum absolute atomic E-state index is 0.00415. The van der Waals surface area contributed by atoms with Crippen LogP contribution in [0.1, 0.15) is 46.6 Å². The lowest BCUT2D eigenvalue weighted by molar-refractivity contribution is -0.0592. The van der Waals surface area contributed by atoms with Gasteiger partial charge in [-0.05, 0) is 43.5 Å². The Kier molecular flexibility index (Phi) is 8.13. The topological polar surface area (TPSA) is 136 Å². The number of hydrogen-bond acceptors (Lipinski definition) is 9. The lowest BCUT2D eigenvalue weighted by Crippen LogP contribution is -2.39. The number of imidazole rings is 1. The van der Waals surface area contributed by atoms with Crippen molar-refractivity contribution in [2.45, 2.75) is 51.2 Å². The number of carbonyl (C=O) groups is 1. The van der Waals surface area contributed by atoms with Crippen LogP contribution in [-0.4, -0.2) is 67.4 Å². The van der Waals surface area contributed by atoms with E-state index in [0.717, 1.165) is 18.6 Å². The number of carboxylic acids is 1. The van der Waals surface area contributed by atoms with Crippen LogP contribution >= 0.6 is 0 Å². The summed E-state index contributed by atoms with van der Waals surface area (Å²) in [6.07, 6.45) is 3.71. The second kappa shape index (κ2) is 12.3. The Bertz CT molecular complexity index is 1690. The maximum Gasteiger partial charge on any atom is 0.335 e. The van der Waals surface area contributed by atoms with Crippen LogP contribution < -0.4 is 9.47 Å². The van der Waals surface area contributed by atoms with Crippen molar-refractivity contribution < 1.29 is 32.9 Å². The Morgan fingerprint density at radius 3 is 2.67 bits per heavy atom. The van der Waals surface area contributed by atoms with Gasteiger partial charge in [0.15, 0.2) is 5.82 Å². The van der Waals surface area contributed by atoms with Gasteiger partial charge in [-0.1, -0.05) is 6.07 Å². The quantitative estimate of drug-likeness (QED) is 0.288. The minimum atomic E-state index is -1.19. The molecule has 11 nitrogen and oxygen atoms in total. The summed E-state index contributed by atoms with van der Waals surface area (Å²) in [5.41, 5.74) is 1.19. The predicted molar refractivity (Wildman–Crippen MR) is 147 cm³/mol. The lowest BCUT2D eigenvalue weighted by Gasteiger charge is -2.32. The van der Waals surface area contributed by atoms with Crippen molar-refractivity contribution in [1.82, 2.24) is 24.4 Å². The number of nitrogens with zero attached hydrogens (tertiary/aromatic N) is 6. The standard InChI is InChI=1S/C30H28F2N6O5/c31-21-2-1-18(20(11-21)14-33)17-42-30-34-7-3-27(36-30)43-22-4-8-37(9-5-22)16-26-35-28-24(32)12-19(29(39)40)13-25(28)38(26)15-23-6-10-41-23/h1-3,7,11-13,22-23H,4-6,8-10,15-17H2,(H,39,40)/t23-/m0/s1. The molecule has 2 aromatic carbocycles. The second-order valence-electron chi connectivity index (χ2n) is 10.5. The molecule has 2 aliphatic heterocycles. The summed E-state index contributed by atoms with van der Waals surface area (Å²) >= 11 is 0. The molecule has 13 heteroatoms. The molecule has 0 bridgehead atoms. The van der Waals surface area contributed by atoms with Crippen LogP contribution in [0.4, 0.5) is 8.78 Å². The third-order valence-electron chi connectivity index (χ3n) is 7.66. The van der Waals surface area contributed by atoms with E-state index in [1.165, 1.54) is 24.4 Å². The molecule has 43 heavy (non-hydrogen) atoms. The fourth-order valence-corrected chi connectivity index (χ4v) is 5.25. The van der Waals surface area contributed by atoms with Crippen LogP contribution in [-0.2, 0) is 24.4 Å². The second-order valence-corrected chi connectivity index (χ2v) is 10.5. The van der Waals surface area contributed by atoms with E-state index in [9.17, 15) is 23.9 Å². The van der Waals surface area contributed by atoms with E-state index in [0.29, 0.717) is 68.4 Å². The monoisotopic (exact) mass is 590 g/mol. The van der Waals surface area contributed by atoms with Crippen LogP contribution in [0.15, 0.2) is 42.6 Å². The van der Waals surface area contributed by atoms with Crippen LogP contribution in [0, 0.1) is 23.0 Å². The third kappa shape index (κ3) is 6.40. The van der Waals surface area contributed by atoms with Gasteiger partial charge in [0.1, 0.15) is 29.9 Å². The third-order valence-corrected chi connectivity index (χ3v) is 7.66. The summed E-state index contributed by atoms with van der Waals surface area (Å²) in [5.74, 6) is -1.34. The number of likely N-dealkylation sites (tertiary alicyclic amines) is 1. The molecular weight excluding hydrogens is 562 g/mol. The van der Waals surface area contributed by atoms with Crippen LogP contribution in [0.25, 0.3) is 11.0 Å². The normalized spacial score (nSPS) is 17.4. The van der Waals surface area contributed by atoms with Gasteiger partial charge in [-0.15, -0.1) is 0 Å². The zero-order chi connectivity index (χ0) is 29.9. The Morgan fingerprint density at radius 1 is 1.14 bits per heavy atom. The summed E-state index contributed by atoms with van der Waals surface area (Å²) in [4.78, 5) is 26.7. The van der Waals surface area contributed by atoms with E-state index >= 15 is 0 Å². The Labute approximate surface area is 245 Å². The zero-order valence-corrected chi connectivity index (χ0v) is 23.1. The Hall–Kier alpha value is -4.67. The van der Waals surface area contributed by atoms with Gasteiger partial charge in [-0.2, -0.15) is 10.2 Å². The molecule has 2 saturated heterocycles. The molecule has 2 fully saturated rings. The fourth-order valence-electron chi connectivity index (χ4n) is 5.25. The summed E-state index contributed by atoms with van der Waals surface area (Å²) < 4.78 is 47.5. The van der Waals surface area contributed by atoms with Crippen LogP contribution in [0.3, 0.4) is 0 Å². The molecular formula is C30H28F2N6O5. The summed E-state index contributed by atoms with van der Waals surface area (Å²) in [6.45, 7) is 3.02. The first-order valence-corrected chi connectivity index (χ1v) is 13.9. The SMILES string of the molecule is N#Cc1cc(F)ccc1COc1nccc(OC2CCN(Cc3nc4c(F)cc(C(=O)O)cc4n3C[C@@H]3CCO3)CC2)n1.